The third kappa shape index (κ3) is 3.18. The fraction of sp³-hybridized carbons (Fsp3) is 0.278. The van der Waals surface area contributed by atoms with Crippen LogP contribution < -0.4 is 5.32 Å². The van der Waals surface area contributed by atoms with Gasteiger partial charge in [-0.3, -0.25) is 4.79 Å². The molecule has 0 fully saturated rings. The minimum Gasteiger partial charge on any atom is -0.463 e. The number of carbonyl (C=O) groups is 1. The standard InChI is InChI=1S/C18H18F2N2O2/c1-2-3-7-21-18(23)16-10-17-15(6-8-24-17)22(16)11-12-4-5-13(19)14(20)9-12/h4-6,8-10H,2-3,7,11H2,1H3,(H,21,23). The Morgan fingerprint density at radius 3 is 2.79 bits per heavy atom. The molecule has 0 aliphatic carbocycles. The molecule has 0 unspecified atom stereocenters. The highest BCUT2D eigenvalue weighted by molar-refractivity contribution is 5.97. The van der Waals surface area contributed by atoms with Crippen LogP contribution in [0.3, 0.4) is 0 Å². The van der Waals surface area contributed by atoms with Crippen molar-refractivity contribution < 1.29 is 18.0 Å². The Hall–Kier alpha value is -2.63. The molecule has 0 bridgehead atoms. The van der Waals surface area contributed by atoms with Gasteiger partial charge in [-0.05, 0) is 24.1 Å². The lowest BCUT2D eigenvalue weighted by Gasteiger charge is -2.11. The van der Waals surface area contributed by atoms with Gasteiger partial charge >= 0.3 is 0 Å². The maximum atomic E-state index is 13.4. The molecule has 0 aliphatic heterocycles. The summed E-state index contributed by atoms with van der Waals surface area (Å²) in [6, 6.07) is 7.14. The summed E-state index contributed by atoms with van der Waals surface area (Å²) in [5.41, 5.74) is 2.32. The van der Waals surface area contributed by atoms with Gasteiger partial charge in [0, 0.05) is 25.2 Å². The highest BCUT2D eigenvalue weighted by Gasteiger charge is 2.17. The molecule has 3 rings (SSSR count). The second kappa shape index (κ2) is 6.86. The number of fused-ring (bicyclic) bond motifs is 1. The molecule has 24 heavy (non-hydrogen) atoms. The maximum Gasteiger partial charge on any atom is 0.268 e. The van der Waals surface area contributed by atoms with E-state index in [1.807, 2.05) is 6.92 Å². The molecule has 2 aromatic heterocycles. The van der Waals surface area contributed by atoms with E-state index in [1.54, 1.807) is 16.7 Å². The SMILES string of the molecule is CCCCNC(=O)c1cc2occc2n1Cc1ccc(F)c(F)c1. The molecule has 0 saturated heterocycles. The molecular formula is C18H18F2N2O2. The predicted molar refractivity (Wildman–Crippen MR) is 86.9 cm³/mol. The van der Waals surface area contributed by atoms with E-state index in [0.717, 1.165) is 30.5 Å². The van der Waals surface area contributed by atoms with Crippen LogP contribution in [0.1, 0.15) is 35.8 Å². The third-order valence-electron chi connectivity index (χ3n) is 3.90. The summed E-state index contributed by atoms with van der Waals surface area (Å²) < 4.78 is 33.6. The molecule has 6 heteroatoms. The van der Waals surface area contributed by atoms with Crippen molar-refractivity contribution >= 4 is 17.0 Å². The van der Waals surface area contributed by atoms with E-state index in [1.165, 1.54) is 12.3 Å². The summed E-state index contributed by atoms with van der Waals surface area (Å²) in [5, 5.41) is 2.86. The van der Waals surface area contributed by atoms with Crippen molar-refractivity contribution in [3.8, 4) is 0 Å². The number of hydrogen-bond donors (Lipinski definition) is 1. The van der Waals surface area contributed by atoms with Crippen LogP contribution in [0, 0.1) is 11.6 Å². The molecule has 1 N–H and O–H groups in total. The van der Waals surface area contributed by atoms with Crippen LogP contribution in [0.15, 0.2) is 41.0 Å². The average Bonchev–Trinajstić information content (AvgIpc) is 3.14. The zero-order valence-electron chi connectivity index (χ0n) is 13.3. The fourth-order valence-corrected chi connectivity index (χ4v) is 2.63. The number of rotatable bonds is 6. The Bertz CT molecular complexity index is 867. The normalized spacial score (nSPS) is 11.1. The first-order chi connectivity index (χ1) is 11.6. The number of nitrogens with zero attached hydrogens (tertiary/aromatic N) is 1. The molecule has 2 heterocycles. The van der Waals surface area contributed by atoms with Gasteiger partial charge in [0.05, 0.1) is 11.8 Å². The number of aromatic nitrogens is 1. The van der Waals surface area contributed by atoms with E-state index in [-0.39, 0.29) is 12.5 Å². The quantitative estimate of drug-likeness (QED) is 0.691. The summed E-state index contributed by atoms with van der Waals surface area (Å²) in [7, 11) is 0. The van der Waals surface area contributed by atoms with E-state index < -0.39 is 11.6 Å². The largest absolute Gasteiger partial charge is 0.463 e. The Morgan fingerprint density at radius 2 is 2.04 bits per heavy atom. The van der Waals surface area contributed by atoms with Crippen LogP contribution in [0.4, 0.5) is 8.78 Å². The number of benzene rings is 1. The van der Waals surface area contributed by atoms with E-state index in [4.69, 9.17) is 4.42 Å². The van der Waals surface area contributed by atoms with E-state index >= 15 is 0 Å². The first kappa shape index (κ1) is 16.2. The van der Waals surface area contributed by atoms with Crippen LogP contribution in [-0.2, 0) is 6.54 Å². The Labute approximate surface area is 138 Å². The van der Waals surface area contributed by atoms with Gasteiger partial charge in [0.2, 0.25) is 0 Å². The van der Waals surface area contributed by atoms with Crippen LogP contribution >= 0.6 is 0 Å². The second-order valence-corrected chi connectivity index (χ2v) is 5.64. The number of unbranched alkanes of at least 4 members (excludes halogenated alkanes) is 1. The number of amides is 1. The van der Waals surface area contributed by atoms with Gasteiger partial charge in [-0.25, -0.2) is 8.78 Å². The molecule has 1 amide bonds. The highest BCUT2D eigenvalue weighted by Crippen LogP contribution is 2.23. The second-order valence-electron chi connectivity index (χ2n) is 5.64. The molecule has 0 aliphatic rings. The summed E-state index contributed by atoms with van der Waals surface area (Å²) in [4.78, 5) is 12.4. The number of carbonyl (C=O) groups excluding carboxylic acids is 1. The minimum absolute atomic E-state index is 0.211. The van der Waals surface area contributed by atoms with Gasteiger partial charge in [0.25, 0.3) is 5.91 Å². The van der Waals surface area contributed by atoms with E-state index in [9.17, 15) is 13.6 Å². The Balaban J connectivity index is 1.92. The molecule has 0 spiro atoms. The van der Waals surface area contributed by atoms with Gasteiger partial charge in [0.1, 0.15) is 5.69 Å². The molecular weight excluding hydrogens is 314 g/mol. The predicted octanol–water partition coefficient (Wildman–Crippen LogP) is 4.09. The average molecular weight is 332 g/mol. The van der Waals surface area contributed by atoms with Gasteiger partial charge in [0.15, 0.2) is 17.2 Å². The third-order valence-corrected chi connectivity index (χ3v) is 3.90. The zero-order valence-corrected chi connectivity index (χ0v) is 13.3. The molecule has 126 valence electrons. The van der Waals surface area contributed by atoms with Crippen LogP contribution in [0.2, 0.25) is 0 Å². The number of furan rings is 1. The van der Waals surface area contributed by atoms with Crippen molar-refractivity contribution in [1.29, 1.82) is 0 Å². The number of nitrogens with one attached hydrogen (secondary N) is 1. The number of hydrogen-bond acceptors (Lipinski definition) is 2. The smallest absolute Gasteiger partial charge is 0.268 e. The van der Waals surface area contributed by atoms with Gasteiger partial charge < -0.3 is 14.3 Å². The molecule has 4 nitrogen and oxygen atoms in total. The molecule has 3 aromatic rings. The Kier molecular flexibility index (Phi) is 4.64. The van der Waals surface area contributed by atoms with Crippen LogP contribution in [0.5, 0.6) is 0 Å². The van der Waals surface area contributed by atoms with Crippen molar-refractivity contribution in [1.82, 2.24) is 9.88 Å². The van der Waals surface area contributed by atoms with Gasteiger partial charge in [-0.15, -0.1) is 0 Å². The summed E-state index contributed by atoms with van der Waals surface area (Å²) in [5.74, 6) is -2.01. The summed E-state index contributed by atoms with van der Waals surface area (Å²) in [6.07, 6.45) is 3.41. The first-order valence-corrected chi connectivity index (χ1v) is 7.89. The molecule has 1 aromatic carbocycles. The topological polar surface area (TPSA) is 47.2 Å². The van der Waals surface area contributed by atoms with Crippen molar-refractivity contribution in [2.45, 2.75) is 26.3 Å². The molecule has 0 radical (unpaired) electrons. The fourth-order valence-electron chi connectivity index (χ4n) is 2.63. The molecule has 0 saturated carbocycles. The maximum absolute atomic E-state index is 13.4. The minimum atomic E-state index is -0.906. The Morgan fingerprint density at radius 1 is 1.21 bits per heavy atom. The monoisotopic (exact) mass is 332 g/mol. The van der Waals surface area contributed by atoms with Crippen LogP contribution in [0.25, 0.3) is 11.1 Å². The molecule has 0 atom stereocenters. The van der Waals surface area contributed by atoms with Crippen molar-refractivity contribution in [3.05, 3.63) is 59.5 Å². The van der Waals surface area contributed by atoms with Crippen molar-refractivity contribution in [3.63, 3.8) is 0 Å². The van der Waals surface area contributed by atoms with Gasteiger partial charge in [-0.1, -0.05) is 19.4 Å². The van der Waals surface area contributed by atoms with E-state index in [2.05, 4.69) is 5.32 Å². The van der Waals surface area contributed by atoms with Crippen LogP contribution in [-0.4, -0.2) is 17.0 Å². The first-order valence-electron chi connectivity index (χ1n) is 7.89. The zero-order chi connectivity index (χ0) is 17.1. The lowest BCUT2D eigenvalue weighted by Crippen LogP contribution is -2.27. The summed E-state index contributed by atoms with van der Waals surface area (Å²) >= 11 is 0. The van der Waals surface area contributed by atoms with E-state index in [0.29, 0.717) is 23.4 Å². The lowest BCUT2D eigenvalue weighted by atomic mass is 10.2. The number of halogens is 2. The van der Waals surface area contributed by atoms with Crippen molar-refractivity contribution in [2.75, 3.05) is 6.54 Å². The van der Waals surface area contributed by atoms with Gasteiger partial charge in [-0.2, -0.15) is 0 Å². The summed E-state index contributed by atoms with van der Waals surface area (Å²) in [6.45, 7) is 2.88. The van der Waals surface area contributed by atoms with Crippen molar-refractivity contribution in [2.24, 2.45) is 0 Å². The lowest BCUT2D eigenvalue weighted by molar-refractivity contribution is 0.0944. The highest BCUT2D eigenvalue weighted by atomic mass is 19.2.